The van der Waals surface area contributed by atoms with Crippen molar-refractivity contribution in [3.05, 3.63) is 38.4 Å². The minimum absolute atomic E-state index is 0.112. The maximum atomic E-state index is 12.0. The number of carbonyl (C=O) groups is 1. The lowest BCUT2D eigenvalue weighted by Crippen LogP contribution is -2.13. The number of carbonyl (C=O) groups excluding carboxylic acids is 1. The molecule has 3 rings (SSSR count). The summed E-state index contributed by atoms with van der Waals surface area (Å²) in [5.41, 5.74) is 2.15. The van der Waals surface area contributed by atoms with E-state index in [0.717, 1.165) is 34.3 Å². The van der Waals surface area contributed by atoms with E-state index in [1.165, 1.54) is 17.7 Å². The highest BCUT2D eigenvalue weighted by atomic mass is 79.9. The van der Waals surface area contributed by atoms with Crippen molar-refractivity contribution < 1.29 is 4.79 Å². The van der Waals surface area contributed by atoms with Gasteiger partial charge in [0.05, 0.1) is 8.66 Å². The normalized spacial score (nSPS) is 13.4. The Balaban J connectivity index is 1.85. The van der Waals surface area contributed by atoms with Crippen molar-refractivity contribution in [3.63, 3.8) is 0 Å². The number of hydrogen-bond acceptors (Lipinski definition) is 4. The fourth-order valence-corrected chi connectivity index (χ4v) is 3.35. The molecular weight excluding hydrogens is 314 g/mol. The van der Waals surface area contributed by atoms with E-state index in [-0.39, 0.29) is 5.91 Å². The van der Waals surface area contributed by atoms with Crippen molar-refractivity contribution in [3.8, 4) is 0 Å². The molecule has 0 spiro atoms. The number of aromatic nitrogens is 2. The highest BCUT2D eigenvalue weighted by molar-refractivity contribution is 9.11. The topological polar surface area (TPSA) is 54.9 Å². The van der Waals surface area contributed by atoms with Gasteiger partial charge in [-0.05, 0) is 47.3 Å². The summed E-state index contributed by atoms with van der Waals surface area (Å²) in [6, 6.07) is 3.66. The quantitative estimate of drug-likeness (QED) is 0.924. The highest BCUT2D eigenvalue weighted by Crippen LogP contribution is 2.27. The summed E-state index contributed by atoms with van der Waals surface area (Å²) < 4.78 is 0.945. The molecule has 0 aliphatic heterocycles. The van der Waals surface area contributed by atoms with Gasteiger partial charge >= 0.3 is 0 Å². The monoisotopic (exact) mass is 323 g/mol. The zero-order valence-electron chi connectivity index (χ0n) is 9.44. The molecule has 4 nitrogen and oxygen atoms in total. The molecule has 0 unspecified atom stereocenters. The second-order valence-electron chi connectivity index (χ2n) is 4.06. The van der Waals surface area contributed by atoms with Crippen LogP contribution in [-0.4, -0.2) is 15.9 Å². The molecule has 0 atom stereocenters. The number of amides is 1. The van der Waals surface area contributed by atoms with E-state index in [1.807, 2.05) is 6.07 Å². The number of aryl methyl sites for hydroxylation is 1. The standard InChI is InChI=1S/C12H10BrN3OS/c13-10-5-4-9(18-10)12(17)16-11-7-2-1-3-8(7)14-6-15-11/h4-6H,1-3H2,(H,14,15,16,17). The number of hydrogen-bond donors (Lipinski definition) is 1. The highest BCUT2D eigenvalue weighted by Gasteiger charge is 2.19. The first-order valence-electron chi connectivity index (χ1n) is 5.63. The van der Waals surface area contributed by atoms with Crippen LogP contribution in [0.4, 0.5) is 5.82 Å². The van der Waals surface area contributed by atoms with Crippen LogP contribution in [0.5, 0.6) is 0 Å². The Morgan fingerprint density at radius 1 is 1.33 bits per heavy atom. The van der Waals surface area contributed by atoms with Crippen molar-refractivity contribution in [2.45, 2.75) is 19.3 Å². The smallest absolute Gasteiger partial charge is 0.266 e. The van der Waals surface area contributed by atoms with Gasteiger partial charge in [-0.1, -0.05) is 0 Å². The van der Waals surface area contributed by atoms with E-state index in [9.17, 15) is 4.79 Å². The average molecular weight is 324 g/mol. The van der Waals surface area contributed by atoms with Crippen LogP contribution < -0.4 is 5.32 Å². The van der Waals surface area contributed by atoms with Gasteiger partial charge < -0.3 is 5.32 Å². The molecule has 1 amide bonds. The largest absolute Gasteiger partial charge is 0.306 e. The molecule has 1 N–H and O–H groups in total. The molecule has 6 heteroatoms. The molecule has 1 aliphatic rings. The van der Waals surface area contributed by atoms with Gasteiger partial charge in [0.15, 0.2) is 0 Å². The lowest BCUT2D eigenvalue weighted by atomic mass is 10.2. The third-order valence-electron chi connectivity index (χ3n) is 2.90. The van der Waals surface area contributed by atoms with E-state index < -0.39 is 0 Å². The van der Waals surface area contributed by atoms with Gasteiger partial charge in [0, 0.05) is 11.3 Å². The van der Waals surface area contributed by atoms with E-state index in [2.05, 4.69) is 31.2 Å². The number of thiophene rings is 1. The second-order valence-corrected chi connectivity index (χ2v) is 6.52. The molecule has 0 saturated heterocycles. The fourth-order valence-electron chi connectivity index (χ4n) is 2.07. The third kappa shape index (κ3) is 2.18. The van der Waals surface area contributed by atoms with Crippen LogP contribution in [-0.2, 0) is 12.8 Å². The van der Waals surface area contributed by atoms with E-state index in [4.69, 9.17) is 0 Å². The summed E-state index contributed by atoms with van der Waals surface area (Å²) in [6.07, 6.45) is 4.52. The molecule has 2 aromatic heterocycles. The molecule has 2 heterocycles. The van der Waals surface area contributed by atoms with Crippen LogP contribution in [0.15, 0.2) is 22.2 Å². The van der Waals surface area contributed by atoms with Crippen LogP contribution in [0, 0.1) is 0 Å². The molecule has 0 radical (unpaired) electrons. The minimum Gasteiger partial charge on any atom is -0.306 e. The fraction of sp³-hybridized carbons (Fsp3) is 0.250. The molecule has 0 bridgehead atoms. The molecule has 0 fully saturated rings. The maximum absolute atomic E-state index is 12.0. The minimum atomic E-state index is -0.112. The Bertz CT molecular complexity index is 611. The second kappa shape index (κ2) is 4.78. The zero-order valence-corrected chi connectivity index (χ0v) is 11.8. The molecule has 0 saturated carbocycles. The van der Waals surface area contributed by atoms with Gasteiger partial charge in [0.2, 0.25) is 0 Å². The number of nitrogens with one attached hydrogen (secondary N) is 1. The Morgan fingerprint density at radius 3 is 3.00 bits per heavy atom. The Labute approximate surface area is 117 Å². The van der Waals surface area contributed by atoms with Crippen molar-refractivity contribution in [1.82, 2.24) is 9.97 Å². The van der Waals surface area contributed by atoms with Gasteiger partial charge in [-0.25, -0.2) is 9.97 Å². The Hall–Kier alpha value is -1.27. The molecule has 0 aromatic carbocycles. The van der Waals surface area contributed by atoms with E-state index in [1.54, 1.807) is 6.07 Å². The van der Waals surface area contributed by atoms with Gasteiger partial charge in [-0.15, -0.1) is 11.3 Å². The first-order chi connectivity index (χ1) is 8.74. The molecule has 18 heavy (non-hydrogen) atoms. The first kappa shape index (κ1) is 11.8. The third-order valence-corrected chi connectivity index (χ3v) is 4.53. The van der Waals surface area contributed by atoms with Crippen LogP contribution in [0.3, 0.4) is 0 Å². The summed E-state index contributed by atoms with van der Waals surface area (Å²) in [5, 5.41) is 2.87. The van der Waals surface area contributed by atoms with Crippen molar-refractivity contribution in [2.75, 3.05) is 5.32 Å². The van der Waals surface area contributed by atoms with Crippen molar-refractivity contribution >= 4 is 39.0 Å². The Morgan fingerprint density at radius 2 is 2.22 bits per heavy atom. The number of rotatable bonds is 2. The number of fused-ring (bicyclic) bond motifs is 1. The van der Waals surface area contributed by atoms with Gasteiger partial charge in [0.1, 0.15) is 12.1 Å². The summed E-state index contributed by atoms with van der Waals surface area (Å²) in [4.78, 5) is 21.1. The molecule has 2 aromatic rings. The summed E-state index contributed by atoms with van der Waals surface area (Å²) in [5.74, 6) is 0.547. The molecular formula is C12H10BrN3OS. The number of halogens is 1. The van der Waals surface area contributed by atoms with E-state index in [0.29, 0.717) is 10.7 Å². The summed E-state index contributed by atoms with van der Waals surface area (Å²) in [7, 11) is 0. The Kier molecular flexibility index (Phi) is 3.13. The predicted molar refractivity (Wildman–Crippen MR) is 74.0 cm³/mol. The van der Waals surface area contributed by atoms with Gasteiger partial charge in [0.25, 0.3) is 5.91 Å². The van der Waals surface area contributed by atoms with Gasteiger partial charge in [-0.3, -0.25) is 4.79 Å². The SMILES string of the molecule is O=C(Nc1ncnc2c1CCC2)c1ccc(Br)s1. The van der Waals surface area contributed by atoms with Crippen LogP contribution in [0.2, 0.25) is 0 Å². The lowest BCUT2D eigenvalue weighted by Gasteiger charge is -2.07. The zero-order chi connectivity index (χ0) is 12.5. The van der Waals surface area contributed by atoms with Crippen molar-refractivity contribution in [2.24, 2.45) is 0 Å². The average Bonchev–Trinajstić information content (AvgIpc) is 2.97. The maximum Gasteiger partial charge on any atom is 0.266 e. The summed E-state index contributed by atoms with van der Waals surface area (Å²) >= 11 is 4.76. The van der Waals surface area contributed by atoms with Crippen LogP contribution in [0.1, 0.15) is 27.3 Å². The predicted octanol–water partition coefficient (Wildman–Crippen LogP) is 3.04. The van der Waals surface area contributed by atoms with E-state index >= 15 is 0 Å². The number of anilines is 1. The molecule has 92 valence electrons. The summed E-state index contributed by atoms with van der Waals surface area (Å²) in [6.45, 7) is 0. The van der Waals surface area contributed by atoms with Crippen LogP contribution >= 0.6 is 27.3 Å². The molecule has 1 aliphatic carbocycles. The van der Waals surface area contributed by atoms with Crippen LogP contribution in [0.25, 0.3) is 0 Å². The first-order valence-corrected chi connectivity index (χ1v) is 7.24. The van der Waals surface area contributed by atoms with Gasteiger partial charge in [-0.2, -0.15) is 0 Å². The number of nitrogens with zero attached hydrogens (tertiary/aromatic N) is 2. The van der Waals surface area contributed by atoms with Crippen molar-refractivity contribution in [1.29, 1.82) is 0 Å². The lowest BCUT2D eigenvalue weighted by molar-refractivity contribution is 0.103.